The van der Waals surface area contributed by atoms with E-state index in [0.29, 0.717) is 5.02 Å². The molecule has 1 aliphatic rings. The number of rotatable bonds is 5. The van der Waals surface area contributed by atoms with Gasteiger partial charge in [-0.25, -0.2) is 4.98 Å². The van der Waals surface area contributed by atoms with Crippen molar-refractivity contribution in [3.05, 3.63) is 47.5 Å². The molecule has 0 bridgehead atoms. The van der Waals surface area contributed by atoms with Crippen LogP contribution in [-0.2, 0) is 11.3 Å². The van der Waals surface area contributed by atoms with E-state index in [2.05, 4.69) is 25.1 Å². The van der Waals surface area contributed by atoms with Crippen LogP contribution in [0.15, 0.2) is 36.7 Å². The number of imidazole rings is 1. The summed E-state index contributed by atoms with van der Waals surface area (Å²) in [5, 5.41) is 3.55. The van der Waals surface area contributed by atoms with Crippen molar-refractivity contribution in [2.45, 2.75) is 19.5 Å². The summed E-state index contributed by atoms with van der Waals surface area (Å²) in [5.41, 5.74) is 0.732. The molecule has 1 atom stereocenters. The zero-order chi connectivity index (χ0) is 16.9. The van der Waals surface area contributed by atoms with Gasteiger partial charge in [-0.3, -0.25) is 14.6 Å². The van der Waals surface area contributed by atoms with Crippen molar-refractivity contribution in [2.24, 2.45) is 0 Å². The summed E-state index contributed by atoms with van der Waals surface area (Å²) < 4.78 is 0. The van der Waals surface area contributed by atoms with Gasteiger partial charge in [0.25, 0.3) is 0 Å². The van der Waals surface area contributed by atoms with Crippen molar-refractivity contribution in [2.75, 3.05) is 31.5 Å². The van der Waals surface area contributed by atoms with E-state index >= 15 is 0 Å². The first kappa shape index (κ1) is 17.0. The number of aromatic nitrogens is 2. The van der Waals surface area contributed by atoms with E-state index in [4.69, 9.17) is 11.6 Å². The minimum absolute atomic E-state index is 0.00301. The van der Waals surface area contributed by atoms with Crippen LogP contribution >= 0.6 is 11.6 Å². The molecular formula is C17H22ClN5O. The number of benzene rings is 1. The van der Waals surface area contributed by atoms with Gasteiger partial charge in [0.15, 0.2) is 0 Å². The van der Waals surface area contributed by atoms with Crippen molar-refractivity contribution < 1.29 is 4.79 Å². The molecule has 1 aromatic heterocycles. The highest BCUT2D eigenvalue weighted by Crippen LogP contribution is 2.16. The molecule has 1 fully saturated rings. The molecule has 3 rings (SSSR count). The van der Waals surface area contributed by atoms with Crippen LogP contribution < -0.4 is 5.32 Å². The number of aromatic amines is 1. The smallest absolute Gasteiger partial charge is 0.241 e. The molecule has 0 aliphatic carbocycles. The number of hydrogen-bond acceptors (Lipinski definition) is 4. The third-order valence-corrected chi connectivity index (χ3v) is 4.59. The lowest BCUT2D eigenvalue weighted by Gasteiger charge is -2.37. The van der Waals surface area contributed by atoms with Gasteiger partial charge in [-0.1, -0.05) is 17.7 Å². The monoisotopic (exact) mass is 347 g/mol. The standard InChI is InChI=1S/C17H22ClN5O/c1-13(17(24)21-15-4-2-3-14(18)11-15)23-9-7-22(8-10-23)12-16-19-5-6-20-16/h2-6,11,13H,7-10,12H2,1H3,(H,19,20)(H,21,24)/t13-/m1/s1. The number of carbonyl (C=O) groups excluding carboxylic acids is 1. The Kier molecular flexibility index (Phi) is 5.50. The van der Waals surface area contributed by atoms with Crippen LogP contribution in [0.1, 0.15) is 12.7 Å². The van der Waals surface area contributed by atoms with E-state index in [1.807, 2.05) is 25.3 Å². The van der Waals surface area contributed by atoms with Crippen LogP contribution in [0.3, 0.4) is 0 Å². The van der Waals surface area contributed by atoms with Gasteiger partial charge in [0.2, 0.25) is 5.91 Å². The minimum Gasteiger partial charge on any atom is -0.348 e. The van der Waals surface area contributed by atoms with Crippen molar-refractivity contribution in [1.82, 2.24) is 19.8 Å². The van der Waals surface area contributed by atoms with Gasteiger partial charge in [0, 0.05) is 49.3 Å². The summed E-state index contributed by atoms with van der Waals surface area (Å²) in [7, 11) is 0. The van der Waals surface area contributed by atoms with Crippen LogP contribution in [0.2, 0.25) is 5.02 Å². The molecule has 1 aliphatic heterocycles. The number of amides is 1. The van der Waals surface area contributed by atoms with Gasteiger partial charge in [-0.05, 0) is 25.1 Å². The second-order valence-electron chi connectivity index (χ2n) is 6.02. The Morgan fingerprint density at radius 3 is 2.83 bits per heavy atom. The summed E-state index contributed by atoms with van der Waals surface area (Å²) in [6.07, 6.45) is 3.61. The normalized spacial score (nSPS) is 17.6. The maximum absolute atomic E-state index is 12.4. The molecule has 2 heterocycles. The van der Waals surface area contributed by atoms with Gasteiger partial charge >= 0.3 is 0 Å². The summed E-state index contributed by atoms with van der Waals surface area (Å²) in [4.78, 5) is 24.4. The maximum Gasteiger partial charge on any atom is 0.241 e. The SMILES string of the molecule is C[C@H](C(=O)Nc1cccc(Cl)c1)N1CCN(Cc2ncc[nH]2)CC1. The molecule has 2 aromatic rings. The summed E-state index contributed by atoms with van der Waals surface area (Å²) in [6.45, 7) is 6.35. The van der Waals surface area contributed by atoms with Gasteiger partial charge in [0.05, 0.1) is 12.6 Å². The number of halogens is 1. The third-order valence-electron chi connectivity index (χ3n) is 4.35. The number of carbonyl (C=O) groups is 1. The average Bonchev–Trinajstić information content (AvgIpc) is 3.08. The van der Waals surface area contributed by atoms with E-state index in [0.717, 1.165) is 44.2 Å². The molecule has 0 saturated carbocycles. The Morgan fingerprint density at radius 1 is 1.38 bits per heavy atom. The second-order valence-corrected chi connectivity index (χ2v) is 6.46. The number of nitrogens with one attached hydrogen (secondary N) is 2. The lowest BCUT2D eigenvalue weighted by atomic mass is 10.2. The van der Waals surface area contributed by atoms with Crippen LogP contribution in [0.25, 0.3) is 0 Å². The predicted molar refractivity (Wildman–Crippen MR) is 95.0 cm³/mol. The second kappa shape index (κ2) is 7.79. The fourth-order valence-corrected chi connectivity index (χ4v) is 3.07. The van der Waals surface area contributed by atoms with E-state index in [1.165, 1.54) is 0 Å². The molecule has 0 spiro atoms. The zero-order valence-electron chi connectivity index (χ0n) is 13.7. The Balaban J connectivity index is 1.49. The van der Waals surface area contributed by atoms with Gasteiger partial charge in [-0.15, -0.1) is 0 Å². The highest BCUT2D eigenvalue weighted by Gasteiger charge is 2.25. The topological polar surface area (TPSA) is 64.3 Å². The molecular weight excluding hydrogens is 326 g/mol. The first-order valence-electron chi connectivity index (χ1n) is 8.13. The average molecular weight is 348 g/mol. The lowest BCUT2D eigenvalue weighted by molar-refractivity contribution is -0.121. The molecule has 2 N–H and O–H groups in total. The van der Waals surface area contributed by atoms with Crippen molar-refractivity contribution >= 4 is 23.2 Å². The third kappa shape index (κ3) is 4.35. The molecule has 6 nitrogen and oxygen atoms in total. The molecule has 1 saturated heterocycles. The van der Waals surface area contributed by atoms with Gasteiger partial charge in [0.1, 0.15) is 5.82 Å². The zero-order valence-corrected chi connectivity index (χ0v) is 14.5. The highest BCUT2D eigenvalue weighted by molar-refractivity contribution is 6.30. The fraction of sp³-hybridized carbons (Fsp3) is 0.412. The Labute approximate surface area is 146 Å². The summed E-state index contributed by atoms with van der Waals surface area (Å²) >= 11 is 5.96. The van der Waals surface area contributed by atoms with Gasteiger partial charge < -0.3 is 10.3 Å². The molecule has 0 radical (unpaired) electrons. The maximum atomic E-state index is 12.4. The number of piperazine rings is 1. The van der Waals surface area contributed by atoms with E-state index in [9.17, 15) is 4.79 Å². The van der Waals surface area contributed by atoms with Crippen molar-refractivity contribution in [3.63, 3.8) is 0 Å². The first-order chi connectivity index (χ1) is 11.6. The van der Waals surface area contributed by atoms with E-state index in [-0.39, 0.29) is 11.9 Å². The summed E-state index contributed by atoms with van der Waals surface area (Å²) in [6, 6.07) is 7.05. The fourth-order valence-electron chi connectivity index (χ4n) is 2.88. The Bertz CT molecular complexity index is 667. The van der Waals surface area contributed by atoms with Crippen LogP contribution in [-0.4, -0.2) is 57.9 Å². The molecule has 128 valence electrons. The molecule has 7 heteroatoms. The minimum atomic E-state index is -0.172. The highest BCUT2D eigenvalue weighted by atomic mass is 35.5. The Hall–Kier alpha value is -1.89. The lowest BCUT2D eigenvalue weighted by Crippen LogP contribution is -2.52. The Morgan fingerprint density at radius 2 is 2.17 bits per heavy atom. The van der Waals surface area contributed by atoms with Gasteiger partial charge in [-0.2, -0.15) is 0 Å². The van der Waals surface area contributed by atoms with Crippen molar-refractivity contribution in [1.29, 1.82) is 0 Å². The molecule has 1 aromatic carbocycles. The quantitative estimate of drug-likeness (QED) is 0.870. The van der Waals surface area contributed by atoms with Crippen LogP contribution in [0.5, 0.6) is 0 Å². The number of anilines is 1. The molecule has 0 unspecified atom stereocenters. The van der Waals surface area contributed by atoms with E-state index < -0.39 is 0 Å². The van der Waals surface area contributed by atoms with Crippen molar-refractivity contribution in [3.8, 4) is 0 Å². The molecule has 24 heavy (non-hydrogen) atoms. The number of hydrogen-bond donors (Lipinski definition) is 2. The summed E-state index contributed by atoms with van der Waals surface area (Å²) in [5.74, 6) is 0.979. The number of H-pyrrole nitrogens is 1. The number of nitrogens with zero attached hydrogens (tertiary/aromatic N) is 3. The van der Waals surface area contributed by atoms with Crippen LogP contribution in [0, 0.1) is 0 Å². The predicted octanol–water partition coefficient (Wildman–Crippen LogP) is 2.21. The molecule has 1 amide bonds. The van der Waals surface area contributed by atoms with E-state index in [1.54, 1.807) is 18.3 Å². The largest absolute Gasteiger partial charge is 0.348 e. The van der Waals surface area contributed by atoms with Crippen LogP contribution in [0.4, 0.5) is 5.69 Å². The first-order valence-corrected chi connectivity index (χ1v) is 8.51.